The van der Waals surface area contributed by atoms with Crippen molar-refractivity contribution in [3.8, 4) is 0 Å². The highest BCUT2D eigenvalue weighted by molar-refractivity contribution is 5.73. The monoisotopic (exact) mass is 437 g/mol. The van der Waals surface area contributed by atoms with Crippen LogP contribution in [0.1, 0.15) is 122 Å². The zero-order valence-corrected chi connectivity index (χ0v) is 20.4. The van der Waals surface area contributed by atoms with Crippen molar-refractivity contribution in [2.45, 2.75) is 122 Å². The third-order valence-corrected chi connectivity index (χ3v) is 5.59. The predicted octanol–water partition coefficient (Wildman–Crippen LogP) is 6.63. The van der Waals surface area contributed by atoms with Crippen LogP contribution in [0.2, 0.25) is 0 Å². The second kappa shape index (κ2) is 26.5. The van der Waals surface area contributed by atoms with E-state index in [0.717, 1.165) is 58.1 Å². The van der Waals surface area contributed by atoms with E-state index in [0.29, 0.717) is 0 Å². The third kappa shape index (κ3) is 26.4. The first kappa shape index (κ1) is 29.5. The number of urea groups is 1. The fraction of sp³-hybridized carbons (Fsp3) is 0.846. The molecule has 0 aromatic heterocycles. The number of hydrogen-bond donors (Lipinski definition) is 3. The van der Waals surface area contributed by atoms with E-state index in [1.54, 1.807) is 0 Å². The topological polar surface area (TPSA) is 70.2 Å². The lowest BCUT2D eigenvalue weighted by atomic mass is 10.1. The minimum Gasteiger partial charge on any atom is -0.359 e. The Morgan fingerprint density at radius 3 is 1.48 bits per heavy atom. The fourth-order valence-electron chi connectivity index (χ4n) is 3.60. The summed E-state index contributed by atoms with van der Waals surface area (Å²) >= 11 is 0. The van der Waals surface area contributed by atoms with Crippen molar-refractivity contribution in [3.63, 3.8) is 0 Å². The van der Waals surface area contributed by atoms with E-state index in [9.17, 15) is 9.59 Å². The molecule has 3 amide bonds. The van der Waals surface area contributed by atoms with Gasteiger partial charge >= 0.3 is 6.03 Å². The van der Waals surface area contributed by atoms with Gasteiger partial charge in [-0.2, -0.15) is 0 Å². The number of amides is 3. The lowest BCUT2D eigenvalue weighted by Crippen LogP contribution is -2.36. The largest absolute Gasteiger partial charge is 0.359 e. The maximum absolute atomic E-state index is 11.7. The van der Waals surface area contributed by atoms with Gasteiger partial charge in [-0.15, -0.1) is 0 Å². The summed E-state index contributed by atoms with van der Waals surface area (Å²) in [5, 5.41) is 8.51. The van der Waals surface area contributed by atoms with Gasteiger partial charge in [0.25, 0.3) is 0 Å². The minimum atomic E-state index is -0.0460. The first-order valence-electron chi connectivity index (χ1n) is 13.1. The van der Waals surface area contributed by atoms with Gasteiger partial charge < -0.3 is 16.0 Å². The standard InChI is InChI=1S/C26H51N3O2/c1-2-3-4-5-6-7-8-9-10-11-12-13-14-15-16-20-23-28-26(31)29-24-21-18-17-19-22-27-25-30/h9-10,25H,2-8,11-24H2,1H3,(H,27,30)(H2,28,29,31)/b10-9-. The molecule has 0 atom stereocenters. The maximum Gasteiger partial charge on any atom is 0.314 e. The van der Waals surface area contributed by atoms with Gasteiger partial charge in [-0.25, -0.2) is 4.79 Å². The molecule has 0 aliphatic carbocycles. The molecule has 0 aliphatic heterocycles. The normalized spacial score (nSPS) is 11.0. The van der Waals surface area contributed by atoms with E-state index in [1.807, 2.05) is 0 Å². The molecule has 31 heavy (non-hydrogen) atoms. The van der Waals surface area contributed by atoms with Crippen LogP contribution < -0.4 is 16.0 Å². The average Bonchev–Trinajstić information content (AvgIpc) is 2.77. The van der Waals surface area contributed by atoms with Crippen LogP contribution in [0.3, 0.4) is 0 Å². The Hall–Kier alpha value is -1.52. The van der Waals surface area contributed by atoms with Crippen LogP contribution in [0.15, 0.2) is 12.2 Å². The van der Waals surface area contributed by atoms with E-state index >= 15 is 0 Å². The summed E-state index contributed by atoms with van der Waals surface area (Å²) < 4.78 is 0. The highest BCUT2D eigenvalue weighted by Crippen LogP contribution is 2.09. The van der Waals surface area contributed by atoms with Crippen LogP contribution in [0, 0.1) is 0 Å². The summed E-state index contributed by atoms with van der Waals surface area (Å²) in [4.78, 5) is 21.8. The minimum absolute atomic E-state index is 0.0460. The second-order valence-corrected chi connectivity index (χ2v) is 8.61. The molecule has 182 valence electrons. The van der Waals surface area contributed by atoms with Gasteiger partial charge in [0.05, 0.1) is 0 Å². The van der Waals surface area contributed by atoms with E-state index < -0.39 is 0 Å². The quantitative estimate of drug-likeness (QED) is 0.0901. The molecule has 0 radical (unpaired) electrons. The Kier molecular flexibility index (Phi) is 25.2. The van der Waals surface area contributed by atoms with Crippen LogP contribution in [0.25, 0.3) is 0 Å². The first-order valence-corrected chi connectivity index (χ1v) is 13.1. The van der Waals surface area contributed by atoms with E-state index in [2.05, 4.69) is 35.0 Å². The molecule has 0 bridgehead atoms. The highest BCUT2D eigenvalue weighted by atomic mass is 16.2. The lowest BCUT2D eigenvalue weighted by Gasteiger charge is -2.07. The SMILES string of the molecule is CCCCCCCC/C=C\CCCCCCCCNC(=O)NCCCCCCNC=O. The van der Waals surface area contributed by atoms with E-state index in [1.165, 1.54) is 83.5 Å². The third-order valence-electron chi connectivity index (χ3n) is 5.59. The van der Waals surface area contributed by atoms with Gasteiger partial charge in [0.15, 0.2) is 0 Å². The zero-order valence-electron chi connectivity index (χ0n) is 20.4. The van der Waals surface area contributed by atoms with Crippen LogP contribution in [0.5, 0.6) is 0 Å². The molecule has 0 saturated heterocycles. The van der Waals surface area contributed by atoms with E-state index in [-0.39, 0.29) is 6.03 Å². The van der Waals surface area contributed by atoms with Crippen molar-refractivity contribution in [3.05, 3.63) is 12.2 Å². The molecular weight excluding hydrogens is 386 g/mol. The number of nitrogens with one attached hydrogen (secondary N) is 3. The molecule has 0 heterocycles. The van der Waals surface area contributed by atoms with Crippen molar-refractivity contribution in [2.75, 3.05) is 19.6 Å². The molecular formula is C26H51N3O2. The number of carbonyl (C=O) groups is 2. The van der Waals surface area contributed by atoms with Crippen molar-refractivity contribution in [2.24, 2.45) is 0 Å². The smallest absolute Gasteiger partial charge is 0.314 e. The summed E-state index contributed by atoms with van der Waals surface area (Å²) in [7, 11) is 0. The summed E-state index contributed by atoms with van der Waals surface area (Å²) in [6.45, 7) is 4.50. The summed E-state index contributed by atoms with van der Waals surface area (Å²) in [5.74, 6) is 0. The van der Waals surface area contributed by atoms with Crippen LogP contribution >= 0.6 is 0 Å². The number of allylic oxidation sites excluding steroid dienone is 2. The Balaban J connectivity index is 3.19. The number of unbranched alkanes of at least 4 members (excludes halogenated alkanes) is 15. The molecule has 5 heteroatoms. The molecule has 0 saturated carbocycles. The molecule has 0 spiro atoms. The van der Waals surface area contributed by atoms with Crippen LogP contribution in [0.4, 0.5) is 4.79 Å². The Morgan fingerprint density at radius 2 is 1.00 bits per heavy atom. The highest BCUT2D eigenvalue weighted by Gasteiger charge is 1.99. The predicted molar refractivity (Wildman–Crippen MR) is 133 cm³/mol. The number of hydrogen-bond acceptors (Lipinski definition) is 2. The van der Waals surface area contributed by atoms with E-state index in [4.69, 9.17) is 0 Å². The fourth-order valence-corrected chi connectivity index (χ4v) is 3.60. The molecule has 0 unspecified atom stereocenters. The number of rotatable bonds is 24. The van der Waals surface area contributed by atoms with Crippen LogP contribution in [-0.4, -0.2) is 32.1 Å². The van der Waals surface area contributed by atoms with Gasteiger partial charge in [0.2, 0.25) is 6.41 Å². The van der Waals surface area contributed by atoms with Gasteiger partial charge in [-0.1, -0.05) is 89.7 Å². The molecule has 0 aromatic rings. The second-order valence-electron chi connectivity index (χ2n) is 8.61. The van der Waals surface area contributed by atoms with Crippen molar-refractivity contribution >= 4 is 12.4 Å². The van der Waals surface area contributed by atoms with Gasteiger partial charge in [-0.05, 0) is 44.9 Å². The lowest BCUT2D eigenvalue weighted by molar-refractivity contribution is -0.109. The Labute approximate surface area is 192 Å². The molecule has 0 fully saturated rings. The van der Waals surface area contributed by atoms with Crippen molar-refractivity contribution in [1.82, 2.24) is 16.0 Å². The summed E-state index contributed by atoms with van der Waals surface area (Å²) in [5.41, 5.74) is 0. The molecule has 5 nitrogen and oxygen atoms in total. The number of carbonyl (C=O) groups excluding carboxylic acids is 2. The van der Waals surface area contributed by atoms with Gasteiger partial charge in [0, 0.05) is 19.6 Å². The van der Waals surface area contributed by atoms with Crippen molar-refractivity contribution in [1.29, 1.82) is 0 Å². The summed E-state index contributed by atoms with van der Waals surface area (Å²) in [6, 6.07) is -0.0460. The first-order chi connectivity index (χ1) is 15.3. The Bertz CT molecular complexity index is 413. The van der Waals surface area contributed by atoms with Crippen molar-refractivity contribution < 1.29 is 9.59 Å². The van der Waals surface area contributed by atoms with Gasteiger partial charge in [-0.3, -0.25) is 4.79 Å². The molecule has 0 rings (SSSR count). The Morgan fingerprint density at radius 1 is 0.581 bits per heavy atom. The maximum atomic E-state index is 11.7. The zero-order chi connectivity index (χ0) is 22.7. The molecule has 0 aromatic carbocycles. The van der Waals surface area contributed by atoms with Crippen LogP contribution in [-0.2, 0) is 4.79 Å². The molecule has 3 N–H and O–H groups in total. The average molecular weight is 438 g/mol. The van der Waals surface area contributed by atoms with Gasteiger partial charge in [0.1, 0.15) is 0 Å². The molecule has 0 aliphatic rings. The summed E-state index contributed by atoms with van der Waals surface area (Å²) in [6.07, 6.45) is 27.9.